The normalized spacial score (nSPS) is 16.1. The van der Waals surface area contributed by atoms with Crippen molar-refractivity contribution in [3.8, 4) is 0 Å². The van der Waals surface area contributed by atoms with Crippen LogP contribution in [0.5, 0.6) is 0 Å². The second-order valence-electron chi connectivity index (χ2n) is 5.26. The van der Waals surface area contributed by atoms with Crippen molar-refractivity contribution >= 4 is 17.1 Å². The summed E-state index contributed by atoms with van der Waals surface area (Å²) in [6.45, 7) is 2.18. The third-order valence-corrected chi connectivity index (χ3v) is 3.74. The molecular formula is C15H20N4O. The summed E-state index contributed by atoms with van der Waals surface area (Å²) >= 11 is 0. The Morgan fingerprint density at radius 3 is 2.70 bits per heavy atom. The van der Waals surface area contributed by atoms with Crippen LogP contribution in [0.1, 0.15) is 31.5 Å². The zero-order valence-corrected chi connectivity index (χ0v) is 11.6. The number of benzene rings is 1. The zero-order chi connectivity index (χ0) is 13.8. The fraction of sp³-hybridized carbons (Fsp3) is 0.467. The molecule has 2 amide bonds. The molecule has 5 nitrogen and oxygen atoms in total. The topological polar surface area (TPSA) is 61.0 Å². The summed E-state index contributed by atoms with van der Waals surface area (Å²) in [5, 5.41) is 2.95. The van der Waals surface area contributed by atoms with Gasteiger partial charge in [-0.3, -0.25) is 0 Å². The average molecular weight is 272 g/mol. The first kappa shape index (κ1) is 13.0. The molecule has 2 N–H and O–H groups in total. The quantitative estimate of drug-likeness (QED) is 0.883. The number of aromatic nitrogens is 2. The number of aromatic amines is 1. The monoisotopic (exact) mass is 272 g/mol. The highest BCUT2D eigenvalue weighted by Crippen LogP contribution is 2.11. The molecule has 1 saturated heterocycles. The minimum absolute atomic E-state index is 0.0207. The number of amides is 2. The molecule has 0 unspecified atom stereocenters. The van der Waals surface area contributed by atoms with Crippen LogP contribution >= 0.6 is 0 Å². The van der Waals surface area contributed by atoms with Gasteiger partial charge in [0.25, 0.3) is 0 Å². The van der Waals surface area contributed by atoms with Crippen molar-refractivity contribution in [2.24, 2.45) is 0 Å². The van der Waals surface area contributed by atoms with Gasteiger partial charge in [-0.25, -0.2) is 9.78 Å². The number of H-pyrrole nitrogens is 1. The molecule has 1 aromatic carbocycles. The van der Waals surface area contributed by atoms with E-state index in [4.69, 9.17) is 0 Å². The Kier molecular flexibility index (Phi) is 3.85. The number of urea groups is 1. The van der Waals surface area contributed by atoms with Crippen molar-refractivity contribution in [2.45, 2.75) is 32.2 Å². The Morgan fingerprint density at radius 1 is 1.20 bits per heavy atom. The lowest BCUT2D eigenvalue weighted by Gasteiger charge is -2.20. The van der Waals surface area contributed by atoms with Crippen LogP contribution in [0.15, 0.2) is 24.3 Å². The van der Waals surface area contributed by atoms with E-state index in [9.17, 15) is 4.79 Å². The van der Waals surface area contributed by atoms with E-state index in [1.807, 2.05) is 29.2 Å². The molecule has 106 valence electrons. The molecular weight excluding hydrogens is 252 g/mol. The standard InChI is InChI=1S/C15H20N4O/c20-15(19-9-5-1-2-6-10-19)16-11-14-17-12-7-3-4-8-13(12)18-14/h3-4,7-8H,1-2,5-6,9-11H2,(H,16,20)(H,17,18). The summed E-state index contributed by atoms with van der Waals surface area (Å²) in [6.07, 6.45) is 4.68. The highest BCUT2D eigenvalue weighted by atomic mass is 16.2. The molecule has 2 aromatic rings. The molecule has 0 bridgehead atoms. The Hall–Kier alpha value is -2.04. The van der Waals surface area contributed by atoms with E-state index in [0.29, 0.717) is 6.54 Å². The highest BCUT2D eigenvalue weighted by molar-refractivity contribution is 5.76. The molecule has 0 saturated carbocycles. The Bertz CT molecular complexity index is 551. The van der Waals surface area contributed by atoms with Crippen LogP contribution in [0.3, 0.4) is 0 Å². The predicted octanol–water partition coefficient (Wildman–Crippen LogP) is 2.65. The fourth-order valence-electron chi connectivity index (χ4n) is 2.63. The van der Waals surface area contributed by atoms with E-state index in [-0.39, 0.29) is 6.03 Å². The maximum absolute atomic E-state index is 12.1. The highest BCUT2D eigenvalue weighted by Gasteiger charge is 2.15. The lowest BCUT2D eigenvalue weighted by molar-refractivity contribution is 0.199. The van der Waals surface area contributed by atoms with Crippen LogP contribution in [0.2, 0.25) is 0 Å². The number of nitrogens with one attached hydrogen (secondary N) is 2. The van der Waals surface area contributed by atoms with Crippen molar-refractivity contribution in [1.82, 2.24) is 20.2 Å². The molecule has 20 heavy (non-hydrogen) atoms. The van der Waals surface area contributed by atoms with Gasteiger partial charge in [0.15, 0.2) is 0 Å². The van der Waals surface area contributed by atoms with Crippen LogP contribution in [0, 0.1) is 0 Å². The Labute approximate surface area is 118 Å². The number of imidazole rings is 1. The van der Waals surface area contributed by atoms with Gasteiger partial charge in [0.1, 0.15) is 5.82 Å². The third kappa shape index (κ3) is 2.92. The number of rotatable bonds is 2. The summed E-state index contributed by atoms with van der Waals surface area (Å²) in [5.41, 5.74) is 1.94. The predicted molar refractivity (Wildman–Crippen MR) is 78.4 cm³/mol. The van der Waals surface area contributed by atoms with E-state index in [1.54, 1.807) is 0 Å². The summed E-state index contributed by atoms with van der Waals surface area (Å²) in [6, 6.07) is 7.91. The van der Waals surface area contributed by atoms with Gasteiger partial charge >= 0.3 is 6.03 Å². The van der Waals surface area contributed by atoms with Crippen LogP contribution in [0.4, 0.5) is 4.79 Å². The molecule has 0 atom stereocenters. The van der Waals surface area contributed by atoms with Crippen molar-refractivity contribution in [3.63, 3.8) is 0 Å². The number of nitrogens with zero attached hydrogens (tertiary/aromatic N) is 2. The first-order chi connectivity index (χ1) is 9.83. The van der Waals surface area contributed by atoms with E-state index in [0.717, 1.165) is 42.8 Å². The van der Waals surface area contributed by atoms with Gasteiger partial charge in [-0.05, 0) is 25.0 Å². The second-order valence-corrected chi connectivity index (χ2v) is 5.26. The molecule has 1 fully saturated rings. The maximum Gasteiger partial charge on any atom is 0.317 e. The van der Waals surface area contributed by atoms with Crippen molar-refractivity contribution < 1.29 is 4.79 Å². The summed E-state index contributed by atoms with van der Waals surface area (Å²) in [4.78, 5) is 21.7. The van der Waals surface area contributed by atoms with Gasteiger partial charge in [0.05, 0.1) is 17.6 Å². The second kappa shape index (κ2) is 5.94. The number of para-hydroxylation sites is 2. The molecule has 5 heteroatoms. The first-order valence-corrected chi connectivity index (χ1v) is 7.29. The van der Waals surface area contributed by atoms with Gasteiger partial charge in [-0.2, -0.15) is 0 Å². The molecule has 0 radical (unpaired) electrons. The molecule has 0 aliphatic carbocycles. The third-order valence-electron chi connectivity index (χ3n) is 3.74. The average Bonchev–Trinajstić information content (AvgIpc) is 2.69. The largest absolute Gasteiger partial charge is 0.340 e. The lowest BCUT2D eigenvalue weighted by atomic mass is 10.2. The summed E-state index contributed by atoms with van der Waals surface area (Å²) in [5.74, 6) is 0.800. The van der Waals surface area contributed by atoms with Crippen molar-refractivity contribution in [3.05, 3.63) is 30.1 Å². The van der Waals surface area contributed by atoms with Crippen LogP contribution < -0.4 is 5.32 Å². The maximum atomic E-state index is 12.1. The zero-order valence-electron chi connectivity index (χ0n) is 11.6. The molecule has 1 aliphatic heterocycles. The first-order valence-electron chi connectivity index (χ1n) is 7.29. The van der Waals surface area contributed by atoms with Crippen molar-refractivity contribution in [1.29, 1.82) is 0 Å². The van der Waals surface area contributed by atoms with Crippen molar-refractivity contribution in [2.75, 3.05) is 13.1 Å². The number of carbonyl (C=O) groups excluding carboxylic acids is 1. The fourth-order valence-corrected chi connectivity index (χ4v) is 2.63. The number of fused-ring (bicyclic) bond motifs is 1. The number of hydrogen-bond acceptors (Lipinski definition) is 2. The van der Waals surface area contributed by atoms with E-state index in [1.165, 1.54) is 12.8 Å². The molecule has 2 heterocycles. The van der Waals surface area contributed by atoms with Gasteiger partial charge in [0, 0.05) is 13.1 Å². The SMILES string of the molecule is O=C(NCc1nc2ccccc2[nH]1)N1CCCCCC1. The van der Waals surface area contributed by atoms with E-state index in [2.05, 4.69) is 15.3 Å². The molecule has 1 aromatic heterocycles. The number of carbonyl (C=O) groups is 1. The van der Waals surface area contributed by atoms with Gasteiger partial charge in [-0.15, -0.1) is 0 Å². The molecule has 1 aliphatic rings. The van der Waals surface area contributed by atoms with Gasteiger partial charge < -0.3 is 15.2 Å². The Balaban J connectivity index is 1.59. The smallest absolute Gasteiger partial charge is 0.317 e. The van der Waals surface area contributed by atoms with Gasteiger partial charge in [-0.1, -0.05) is 25.0 Å². The summed E-state index contributed by atoms with van der Waals surface area (Å²) < 4.78 is 0. The van der Waals surface area contributed by atoms with Crippen LogP contribution in [0.25, 0.3) is 11.0 Å². The van der Waals surface area contributed by atoms with Crippen LogP contribution in [-0.2, 0) is 6.54 Å². The van der Waals surface area contributed by atoms with Crippen LogP contribution in [-0.4, -0.2) is 34.0 Å². The number of hydrogen-bond donors (Lipinski definition) is 2. The Morgan fingerprint density at radius 2 is 1.95 bits per heavy atom. The van der Waals surface area contributed by atoms with E-state index >= 15 is 0 Å². The van der Waals surface area contributed by atoms with Gasteiger partial charge in [0.2, 0.25) is 0 Å². The molecule has 3 rings (SSSR count). The minimum atomic E-state index is 0.0207. The summed E-state index contributed by atoms with van der Waals surface area (Å²) in [7, 11) is 0. The minimum Gasteiger partial charge on any atom is -0.340 e. The van der Waals surface area contributed by atoms with E-state index < -0.39 is 0 Å². The lowest BCUT2D eigenvalue weighted by Crippen LogP contribution is -2.40. The molecule has 0 spiro atoms. The number of likely N-dealkylation sites (tertiary alicyclic amines) is 1.